The molecule has 10 nitrogen and oxygen atoms in total. The second kappa shape index (κ2) is 9.67. The summed E-state index contributed by atoms with van der Waals surface area (Å²) in [6, 6.07) is 3.42. The third-order valence-electron chi connectivity index (χ3n) is 4.02. The molecule has 152 valence electrons. The number of rotatable bonds is 10. The highest BCUT2D eigenvalue weighted by atomic mass is 16.6. The average molecular weight is 392 g/mol. The predicted octanol–water partition coefficient (Wildman–Crippen LogP) is 1.36. The van der Waals surface area contributed by atoms with Gasteiger partial charge in [0.1, 0.15) is 11.7 Å². The maximum absolute atomic E-state index is 12.1. The third-order valence-corrected chi connectivity index (χ3v) is 4.02. The van der Waals surface area contributed by atoms with Crippen molar-refractivity contribution in [2.75, 3.05) is 18.5 Å². The van der Waals surface area contributed by atoms with Gasteiger partial charge in [-0.15, -0.1) is 0 Å². The van der Waals surface area contributed by atoms with E-state index < -0.39 is 29.4 Å². The van der Waals surface area contributed by atoms with Crippen LogP contribution in [0, 0.1) is 10.1 Å². The van der Waals surface area contributed by atoms with Crippen LogP contribution in [0.2, 0.25) is 0 Å². The fourth-order valence-corrected chi connectivity index (χ4v) is 2.34. The Hall–Kier alpha value is -3.17. The van der Waals surface area contributed by atoms with E-state index >= 15 is 0 Å². The van der Waals surface area contributed by atoms with Gasteiger partial charge in [-0.25, -0.2) is 4.79 Å². The largest absolute Gasteiger partial charge is 0.452 e. The zero-order chi connectivity index (χ0) is 20.7. The summed E-state index contributed by atoms with van der Waals surface area (Å²) in [5.41, 5.74) is 0.0790. The van der Waals surface area contributed by atoms with E-state index in [2.05, 4.69) is 16.0 Å². The van der Waals surface area contributed by atoms with E-state index in [0.29, 0.717) is 12.2 Å². The smallest absolute Gasteiger partial charge is 0.338 e. The van der Waals surface area contributed by atoms with E-state index in [9.17, 15) is 24.5 Å². The number of carbonyl (C=O) groups is 3. The molecule has 2 amide bonds. The summed E-state index contributed by atoms with van der Waals surface area (Å²) < 4.78 is 4.89. The highest BCUT2D eigenvalue weighted by Crippen LogP contribution is 2.31. The first-order valence-electron chi connectivity index (χ1n) is 9.11. The van der Waals surface area contributed by atoms with Crippen molar-refractivity contribution in [3.05, 3.63) is 33.9 Å². The lowest BCUT2D eigenvalue weighted by Crippen LogP contribution is -2.46. The normalized spacial score (nSPS) is 13.9. The number of nitro benzene ring substituents is 1. The Morgan fingerprint density at radius 2 is 2.04 bits per heavy atom. The number of hydrogen-bond acceptors (Lipinski definition) is 7. The Bertz CT molecular complexity index is 762. The zero-order valence-corrected chi connectivity index (χ0v) is 15.8. The first-order chi connectivity index (χ1) is 13.3. The molecule has 1 aliphatic rings. The van der Waals surface area contributed by atoms with Crippen molar-refractivity contribution in [2.24, 2.45) is 0 Å². The van der Waals surface area contributed by atoms with E-state index in [1.807, 2.05) is 6.92 Å². The maximum Gasteiger partial charge on any atom is 0.338 e. The van der Waals surface area contributed by atoms with Crippen molar-refractivity contribution in [3.63, 3.8) is 0 Å². The van der Waals surface area contributed by atoms with Crippen molar-refractivity contribution in [2.45, 2.75) is 45.2 Å². The van der Waals surface area contributed by atoms with Gasteiger partial charge in [-0.05, 0) is 38.3 Å². The number of ether oxygens (including phenoxy) is 1. The van der Waals surface area contributed by atoms with Gasteiger partial charge in [0.05, 0.1) is 10.5 Å². The number of carbonyl (C=O) groups excluding carboxylic acids is 3. The van der Waals surface area contributed by atoms with Crippen molar-refractivity contribution < 1.29 is 24.0 Å². The number of amides is 2. The quantitative estimate of drug-likeness (QED) is 0.310. The van der Waals surface area contributed by atoms with Crippen molar-refractivity contribution >= 4 is 29.2 Å². The van der Waals surface area contributed by atoms with Gasteiger partial charge in [-0.3, -0.25) is 19.7 Å². The lowest BCUT2D eigenvalue weighted by molar-refractivity contribution is -0.384. The van der Waals surface area contributed by atoms with Crippen LogP contribution in [-0.2, 0) is 14.3 Å². The Balaban J connectivity index is 1.89. The molecule has 1 fully saturated rings. The second-order valence-electron chi connectivity index (χ2n) is 6.56. The predicted molar refractivity (Wildman–Crippen MR) is 101 cm³/mol. The van der Waals surface area contributed by atoms with Gasteiger partial charge in [-0.2, -0.15) is 0 Å². The Kier molecular flexibility index (Phi) is 7.30. The topological polar surface area (TPSA) is 140 Å². The van der Waals surface area contributed by atoms with Crippen LogP contribution < -0.4 is 16.0 Å². The zero-order valence-electron chi connectivity index (χ0n) is 15.8. The van der Waals surface area contributed by atoms with Crippen molar-refractivity contribution in [1.29, 1.82) is 0 Å². The molecular formula is C18H24N4O6. The number of nitrogens with one attached hydrogen (secondary N) is 3. The molecule has 3 N–H and O–H groups in total. The lowest BCUT2D eigenvalue weighted by atomic mass is 10.1. The molecule has 0 unspecified atom stereocenters. The fraction of sp³-hybridized carbons (Fsp3) is 0.500. The van der Waals surface area contributed by atoms with E-state index in [1.54, 1.807) is 0 Å². The van der Waals surface area contributed by atoms with Crippen LogP contribution in [0.5, 0.6) is 0 Å². The minimum Gasteiger partial charge on any atom is -0.452 e. The van der Waals surface area contributed by atoms with Gasteiger partial charge in [0.15, 0.2) is 6.61 Å². The first-order valence-corrected chi connectivity index (χ1v) is 9.11. The van der Waals surface area contributed by atoms with Gasteiger partial charge < -0.3 is 20.7 Å². The summed E-state index contributed by atoms with van der Waals surface area (Å²) in [4.78, 5) is 46.3. The highest BCUT2D eigenvalue weighted by molar-refractivity contribution is 5.93. The average Bonchev–Trinajstić information content (AvgIpc) is 3.48. The van der Waals surface area contributed by atoms with Gasteiger partial charge in [0.25, 0.3) is 11.6 Å². The molecule has 0 bridgehead atoms. The molecular weight excluding hydrogens is 368 g/mol. The van der Waals surface area contributed by atoms with Crippen LogP contribution in [-0.4, -0.2) is 47.9 Å². The molecule has 0 heterocycles. The molecule has 2 rings (SSSR count). The highest BCUT2D eigenvalue weighted by Gasteiger charge is 2.26. The summed E-state index contributed by atoms with van der Waals surface area (Å²) in [6.45, 7) is 3.32. The molecule has 0 saturated heterocycles. The second-order valence-corrected chi connectivity index (χ2v) is 6.56. The van der Waals surface area contributed by atoms with E-state index in [1.165, 1.54) is 19.1 Å². The molecule has 0 radical (unpaired) electrons. The van der Waals surface area contributed by atoms with Crippen LogP contribution >= 0.6 is 0 Å². The number of nitrogens with zero attached hydrogens (tertiary/aromatic N) is 1. The van der Waals surface area contributed by atoms with Gasteiger partial charge in [0.2, 0.25) is 5.91 Å². The third kappa shape index (κ3) is 6.22. The summed E-state index contributed by atoms with van der Waals surface area (Å²) in [6.07, 6.45) is 2.67. The molecule has 1 aliphatic carbocycles. The van der Waals surface area contributed by atoms with Gasteiger partial charge in [0, 0.05) is 18.7 Å². The molecule has 28 heavy (non-hydrogen) atoms. The monoisotopic (exact) mass is 392 g/mol. The Labute approximate surface area is 162 Å². The minimum atomic E-state index is -0.862. The standard InChI is InChI=1S/C18H24N4O6/c1-3-8-19-17(24)11(2)20-16(23)10-28-18(25)12-4-7-14(21-13-5-6-13)15(9-12)22(26)27/h4,7,9,11,13,21H,3,5-6,8,10H2,1-2H3,(H,19,24)(H,20,23)/t11-/m0/s1. The Morgan fingerprint density at radius 1 is 1.32 bits per heavy atom. The summed E-state index contributed by atoms with van der Waals surface area (Å²) in [5, 5.41) is 19.3. The van der Waals surface area contributed by atoms with Crippen LogP contribution in [0.25, 0.3) is 0 Å². The van der Waals surface area contributed by atoms with E-state index in [0.717, 1.165) is 25.3 Å². The number of esters is 1. The van der Waals surface area contributed by atoms with Gasteiger partial charge >= 0.3 is 5.97 Å². The van der Waals surface area contributed by atoms with E-state index in [4.69, 9.17) is 4.74 Å². The van der Waals surface area contributed by atoms with Crippen LogP contribution in [0.4, 0.5) is 11.4 Å². The number of benzene rings is 1. The van der Waals surface area contributed by atoms with Crippen LogP contribution in [0.1, 0.15) is 43.5 Å². The maximum atomic E-state index is 12.1. The number of hydrogen-bond donors (Lipinski definition) is 3. The van der Waals surface area contributed by atoms with Crippen LogP contribution in [0.3, 0.4) is 0 Å². The number of nitro groups is 1. The molecule has 0 aliphatic heterocycles. The molecule has 1 aromatic rings. The number of anilines is 1. The molecule has 0 spiro atoms. The molecule has 1 aromatic carbocycles. The van der Waals surface area contributed by atoms with Gasteiger partial charge in [-0.1, -0.05) is 6.92 Å². The summed E-state index contributed by atoms with van der Waals surface area (Å²) in [7, 11) is 0. The van der Waals surface area contributed by atoms with Crippen molar-refractivity contribution in [3.8, 4) is 0 Å². The first kappa shape index (κ1) is 21.1. The molecule has 1 atom stereocenters. The molecule has 10 heteroatoms. The summed E-state index contributed by atoms with van der Waals surface area (Å²) in [5.74, 6) is -1.84. The van der Waals surface area contributed by atoms with E-state index in [-0.39, 0.29) is 23.2 Å². The van der Waals surface area contributed by atoms with Crippen molar-refractivity contribution in [1.82, 2.24) is 10.6 Å². The minimum absolute atomic E-state index is 0.0328. The molecule has 1 saturated carbocycles. The lowest BCUT2D eigenvalue weighted by Gasteiger charge is -2.14. The summed E-state index contributed by atoms with van der Waals surface area (Å²) >= 11 is 0. The Morgan fingerprint density at radius 3 is 2.64 bits per heavy atom. The SMILES string of the molecule is CCCNC(=O)[C@H](C)NC(=O)COC(=O)c1ccc(NC2CC2)c([N+](=O)[O-])c1. The fourth-order valence-electron chi connectivity index (χ4n) is 2.34. The van der Waals surface area contributed by atoms with Crippen LogP contribution in [0.15, 0.2) is 18.2 Å². The molecule has 0 aromatic heterocycles.